The zero-order valence-corrected chi connectivity index (χ0v) is 15.0. The quantitative estimate of drug-likeness (QED) is 0.812. The van der Waals surface area contributed by atoms with Crippen LogP contribution in [0.25, 0.3) is 0 Å². The SMILES string of the molecule is Cc1cccc(Cl)c1OCC(C)(N)COc1c(C)cccc1Cl. The first-order chi connectivity index (χ1) is 10.8. The summed E-state index contributed by atoms with van der Waals surface area (Å²) in [5.41, 5.74) is 7.53. The van der Waals surface area contributed by atoms with E-state index in [1.165, 1.54) is 0 Å². The van der Waals surface area contributed by atoms with E-state index < -0.39 is 5.54 Å². The maximum Gasteiger partial charge on any atom is 0.140 e. The van der Waals surface area contributed by atoms with Crippen LogP contribution in [0, 0.1) is 13.8 Å². The van der Waals surface area contributed by atoms with E-state index in [-0.39, 0.29) is 13.2 Å². The first-order valence-electron chi connectivity index (χ1n) is 7.35. The van der Waals surface area contributed by atoms with Gasteiger partial charge in [-0.1, -0.05) is 47.5 Å². The molecule has 0 fully saturated rings. The topological polar surface area (TPSA) is 44.5 Å². The second kappa shape index (κ2) is 7.43. The zero-order valence-electron chi connectivity index (χ0n) is 13.5. The van der Waals surface area contributed by atoms with Crippen molar-refractivity contribution < 1.29 is 9.47 Å². The van der Waals surface area contributed by atoms with Gasteiger partial charge in [0.15, 0.2) is 0 Å². The number of hydrogen-bond donors (Lipinski definition) is 1. The molecule has 0 heterocycles. The molecule has 0 atom stereocenters. The maximum atomic E-state index is 6.28. The van der Waals surface area contributed by atoms with Crippen LogP contribution in [0.4, 0.5) is 0 Å². The lowest BCUT2D eigenvalue weighted by molar-refractivity contribution is 0.158. The molecular formula is C18H21Cl2NO2. The van der Waals surface area contributed by atoms with E-state index >= 15 is 0 Å². The van der Waals surface area contributed by atoms with Gasteiger partial charge >= 0.3 is 0 Å². The van der Waals surface area contributed by atoms with Crippen LogP contribution in [-0.2, 0) is 0 Å². The van der Waals surface area contributed by atoms with Crippen LogP contribution in [-0.4, -0.2) is 18.8 Å². The third-order valence-electron chi connectivity index (χ3n) is 3.42. The van der Waals surface area contributed by atoms with E-state index in [9.17, 15) is 0 Å². The summed E-state index contributed by atoms with van der Waals surface area (Å²) in [7, 11) is 0. The highest BCUT2D eigenvalue weighted by Gasteiger charge is 2.23. The van der Waals surface area contributed by atoms with Gasteiger partial charge in [0.2, 0.25) is 0 Å². The van der Waals surface area contributed by atoms with Gasteiger partial charge in [0.25, 0.3) is 0 Å². The Hall–Kier alpha value is -1.42. The molecule has 0 saturated carbocycles. The van der Waals surface area contributed by atoms with Crippen molar-refractivity contribution >= 4 is 23.2 Å². The molecule has 2 N–H and O–H groups in total. The predicted octanol–water partition coefficient (Wildman–Crippen LogP) is 4.79. The Morgan fingerprint density at radius 2 is 1.26 bits per heavy atom. The lowest BCUT2D eigenvalue weighted by Crippen LogP contribution is -2.48. The second-order valence-corrected chi connectivity index (χ2v) is 6.82. The van der Waals surface area contributed by atoms with Gasteiger partial charge in [0.05, 0.1) is 15.6 Å². The van der Waals surface area contributed by atoms with Gasteiger partial charge in [-0.25, -0.2) is 0 Å². The Kier molecular flexibility index (Phi) is 5.79. The van der Waals surface area contributed by atoms with Gasteiger partial charge in [-0.3, -0.25) is 0 Å². The van der Waals surface area contributed by atoms with Crippen LogP contribution in [0.15, 0.2) is 36.4 Å². The summed E-state index contributed by atoms with van der Waals surface area (Å²) in [5.74, 6) is 1.31. The number of ether oxygens (including phenoxy) is 2. The Labute approximate surface area is 147 Å². The van der Waals surface area contributed by atoms with Crippen molar-refractivity contribution in [2.45, 2.75) is 26.3 Å². The largest absolute Gasteiger partial charge is 0.490 e. The normalized spacial score (nSPS) is 11.4. The Morgan fingerprint density at radius 3 is 1.61 bits per heavy atom. The van der Waals surface area contributed by atoms with Gasteiger partial charge in [-0.15, -0.1) is 0 Å². The third kappa shape index (κ3) is 4.77. The van der Waals surface area contributed by atoms with Crippen molar-refractivity contribution in [3.63, 3.8) is 0 Å². The van der Waals surface area contributed by atoms with Crippen molar-refractivity contribution in [2.24, 2.45) is 5.73 Å². The van der Waals surface area contributed by atoms with E-state index in [1.807, 2.05) is 45.0 Å². The molecule has 0 unspecified atom stereocenters. The number of halogens is 2. The number of rotatable bonds is 6. The minimum absolute atomic E-state index is 0.279. The summed E-state index contributed by atoms with van der Waals surface area (Å²) in [6.07, 6.45) is 0. The summed E-state index contributed by atoms with van der Waals surface area (Å²) < 4.78 is 11.6. The van der Waals surface area contributed by atoms with Gasteiger partial charge < -0.3 is 15.2 Å². The molecule has 0 aliphatic rings. The summed E-state index contributed by atoms with van der Waals surface area (Å²) in [5, 5.41) is 1.15. The molecule has 0 spiro atoms. The molecule has 0 bridgehead atoms. The van der Waals surface area contributed by atoms with Gasteiger partial charge in [0.1, 0.15) is 24.7 Å². The lowest BCUT2D eigenvalue weighted by atomic mass is 10.1. The van der Waals surface area contributed by atoms with Gasteiger partial charge in [-0.05, 0) is 44.0 Å². The van der Waals surface area contributed by atoms with Crippen LogP contribution in [0.3, 0.4) is 0 Å². The maximum absolute atomic E-state index is 6.28. The van der Waals surface area contributed by atoms with Crippen LogP contribution in [0.2, 0.25) is 10.0 Å². The molecule has 0 saturated heterocycles. The molecule has 3 nitrogen and oxygen atoms in total. The first-order valence-corrected chi connectivity index (χ1v) is 8.10. The molecular weight excluding hydrogens is 333 g/mol. The number of nitrogens with two attached hydrogens (primary N) is 1. The molecule has 124 valence electrons. The smallest absolute Gasteiger partial charge is 0.140 e. The number of para-hydroxylation sites is 2. The molecule has 0 amide bonds. The van der Waals surface area contributed by atoms with E-state index in [2.05, 4.69) is 0 Å². The zero-order chi connectivity index (χ0) is 17.0. The first kappa shape index (κ1) is 17.9. The van der Waals surface area contributed by atoms with Crippen molar-refractivity contribution in [2.75, 3.05) is 13.2 Å². The molecule has 2 aromatic carbocycles. The highest BCUT2D eigenvalue weighted by molar-refractivity contribution is 6.32. The molecule has 0 aliphatic carbocycles. The van der Waals surface area contributed by atoms with E-state index in [0.717, 1.165) is 11.1 Å². The summed E-state index contributed by atoms with van der Waals surface area (Å²) in [6, 6.07) is 11.2. The van der Waals surface area contributed by atoms with Crippen molar-refractivity contribution in [1.29, 1.82) is 0 Å². The molecule has 2 rings (SSSR count). The molecule has 2 aromatic rings. The highest BCUT2D eigenvalue weighted by Crippen LogP contribution is 2.30. The highest BCUT2D eigenvalue weighted by atomic mass is 35.5. The molecule has 5 heteroatoms. The van der Waals surface area contributed by atoms with Crippen molar-refractivity contribution in [3.05, 3.63) is 57.6 Å². The van der Waals surface area contributed by atoms with E-state index in [0.29, 0.717) is 21.5 Å². The standard InChI is InChI=1S/C18H21Cl2NO2/c1-12-6-4-8-14(19)16(12)22-10-18(3,21)11-23-17-13(2)7-5-9-15(17)20/h4-9H,10-11,21H2,1-3H3. The van der Waals surface area contributed by atoms with Gasteiger partial charge in [0, 0.05) is 0 Å². The van der Waals surface area contributed by atoms with E-state index in [1.54, 1.807) is 12.1 Å². The van der Waals surface area contributed by atoms with Gasteiger partial charge in [-0.2, -0.15) is 0 Å². The number of benzene rings is 2. The second-order valence-electron chi connectivity index (χ2n) is 6.00. The van der Waals surface area contributed by atoms with E-state index in [4.69, 9.17) is 38.4 Å². The molecule has 0 aromatic heterocycles. The average molecular weight is 354 g/mol. The minimum Gasteiger partial charge on any atom is -0.490 e. The van der Waals surface area contributed by atoms with Crippen LogP contribution < -0.4 is 15.2 Å². The van der Waals surface area contributed by atoms with Crippen LogP contribution in [0.1, 0.15) is 18.1 Å². The minimum atomic E-state index is -0.683. The van der Waals surface area contributed by atoms with Crippen molar-refractivity contribution in [1.82, 2.24) is 0 Å². The fourth-order valence-electron chi connectivity index (χ4n) is 2.11. The molecule has 23 heavy (non-hydrogen) atoms. The predicted molar refractivity (Wildman–Crippen MR) is 96.0 cm³/mol. The fraction of sp³-hybridized carbons (Fsp3) is 0.333. The average Bonchev–Trinajstić information content (AvgIpc) is 2.46. The van der Waals surface area contributed by atoms with Crippen LogP contribution >= 0.6 is 23.2 Å². The lowest BCUT2D eigenvalue weighted by Gasteiger charge is -2.26. The fourth-order valence-corrected chi connectivity index (χ4v) is 2.67. The Bertz CT molecular complexity index is 589. The molecule has 0 aliphatic heterocycles. The third-order valence-corrected chi connectivity index (χ3v) is 4.02. The number of hydrogen-bond acceptors (Lipinski definition) is 3. The monoisotopic (exact) mass is 353 g/mol. The number of aryl methyl sites for hydroxylation is 2. The summed E-state index contributed by atoms with van der Waals surface area (Å²) >= 11 is 12.3. The Morgan fingerprint density at radius 1 is 0.870 bits per heavy atom. The summed E-state index contributed by atoms with van der Waals surface area (Å²) in [6.45, 7) is 6.31. The molecule has 0 radical (unpaired) electrons. The van der Waals surface area contributed by atoms with Crippen molar-refractivity contribution in [3.8, 4) is 11.5 Å². The Balaban J connectivity index is 2.00. The van der Waals surface area contributed by atoms with Crippen LogP contribution in [0.5, 0.6) is 11.5 Å². The summed E-state index contributed by atoms with van der Waals surface area (Å²) in [4.78, 5) is 0.